The number of nitrogens with one attached hydrogen (secondary N) is 2. The fraction of sp³-hybridized carbons (Fsp3) is 0.800. The second kappa shape index (κ2) is 9.35. The molecule has 3 unspecified atom stereocenters. The number of ether oxygens (including phenoxy) is 1. The number of carbonyl (C=O) groups excluding carboxylic acids is 1. The molecule has 0 spiro atoms. The van der Waals surface area contributed by atoms with Crippen molar-refractivity contribution in [3.05, 3.63) is 17.5 Å². The van der Waals surface area contributed by atoms with Crippen LogP contribution in [0.15, 0.2) is 10.6 Å². The lowest BCUT2D eigenvalue weighted by atomic mass is 9.85. The van der Waals surface area contributed by atoms with Gasteiger partial charge in [-0.05, 0) is 25.7 Å². The molecule has 28 heavy (non-hydrogen) atoms. The molecular formula is C20H32N4O4. The predicted molar refractivity (Wildman–Crippen MR) is 103 cm³/mol. The molecule has 156 valence electrons. The van der Waals surface area contributed by atoms with E-state index in [-0.39, 0.29) is 24.0 Å². The van der Waals surface area contributed by atoms with Crippen LogP contribution in [0.25, 0.3) is 0 Å². The number of hydrogen-bond acceptors (Lipinski definition) is 7. The number of aliphatic hydroxyl groups is 1. The van der Waals surface area contributed by atoms with Gasteiger partial charge in [0.05, 0.1) is 24.4 Å². The molecule has 1 amide bonds. The third-order valence-electron chi connectivity index (χ3n) is 6.17. The molecule has 3 fully saturated rings. The molecule has 0 radical (unpaired) electrons. The van der Waals surface area contributed by atoms with Crippen LogP contribution in [0.5, 0.6) is 0 Å². The van der Waals surface area contributed by atoms with Gasteiger partial charge in [-0.2, -0.15) is 0 Å². The van der Waals surface area contributed by atoms with Crippen LogP contribution in [0.4, 0.5) is 0 Å². The van der Waals surface area contributed by atoms with Gasteiger partial charge in [-0.3, -0.25) is 9.69 Å². The average Bonchev–Trinajstić information content (AvgIpc) is 3.08. The number of nitrogens with zero attached hydrogens (tertiary/aromatic N) is 2. The highest BCUT2D eigenvalue weighted by Crippen LogP contribution is 2.27. The van der Waals surface area contributed by atoms with Gasteiger partial charge in [0.25, 0.3) is 0 Å². The minimum Gasteiger partial charge on any atom is -0.390 e. The van der Waals surface area contributed by atoms with Gasteiger partial charge in [0.1, 0.15) is 6.10 Å². The molecule has 8 heteroatoms. The molecule has 2 saturated heterocycles. The fourth-order valence-electron chi connectivity index (χ4n) is 4.15. The van der Waals surface area contributed by atoms with E-state index >= 15 is 0 Å². The van der Waals surface area contributed by atoms with E-state index in [0.29, 0.717) is 19.4 Å². The van der Waals surface area contributed by atoms with Gasteiger partial charge in [-0.1, -0.05) is 11.6 Å². The Hall–Kier alpha value is -1.48. The highest BCUT2D eigenvalue weighted by molar-refractivity contribution is 5.79. The number of piperazine rings is 1. The molecule has 4 rings (SSSR count). The van der Waals surface area contributed by atoms with Gasteiger partial charge in [0, 0.05) is 51.1 Å². The van der Waals surface area contributed by atoms with E-state index in [1.165, 1.54) is 0 Å². The first-order chi connectivity index (χ1) is 13.7. The summed E-state index contributed by atoms with van der Waals surface area (Å²) in [5, 5.41) is 20.7. The lowest BCUT2D eigenvalue weighted by Gasteiger charge is -2.34. The smallest absolute Gasteiger partial charge is 0.223 e. The molecule has 1 aliphatic carbocycles. The molecule has 3 heterocycles. The summed E-state index contributed by atoms with van der Waals surface area (Å²) in [6, 6.07) is 2.02. The maximum atomic E-state index is 12.0. The van der Waals surface area contributed by atoms with Gasteiger partial charge in [-0.15, -0.1) is 0 Å². The van der Waals surface area contributed by atoms with Crippen molar-refractivity contribution in [2.45, 2.75) is 63.4 Å². The Balaban J connectivity index is 1.24. The van der Waals surface area contributed by atoms with Crippen LogP contribution in [0.2, 0.25) is 0 Å². The summed E-state index contributed by atoms with van der Waals surface area (Å²) in [6.45, 7) is 5.23. The van der Waals surface area contributed by atoms with Gasteiger partial charge in [-0.25, -0.2) is 0 Å². The maximum absolute atomic E-state index is 12.0. The lowest BCUT2D eigenvalue weighted by molar-refractivity contribution is -0.133. The Morgan fingerprint density at radius 1 is 1.29 bits per heavy atom. The SMILES string of the molecule is O=C(NCC1OC(Cc2cc(CN3CCNCC3)on2)CCC1O)C1CCC1. The molecule has 1 aromatic heterocycles. The Bertz CT molecular complexity index is 642. The number of carbonyl (C=O) groups is 1. The van der Waals surface area contributed by atoms with Gasteiger partial charge >= 0.3 is 0 Å². The highest BCUT2D eigenvalue weighted by atomic mass is 16.5. The van der Waals surface area contributed by atoms with Gasteiger partial charge in [0.15, 0.2) is 5.76 Å². The zero-order chi connectivity index (χ0) is 19.3. The summed E-state index contributed by atoms with van der Waals surface area (Å²) in [5.41, 5.74) is 0.892. The maximum Gasteiger partial charge on any atom is 0.223 e. The zero-order valence-electron chi connectivity index (χ0n) is 16.4. The molecule has 3 atom stereocenters. The molecule has 1 aromatic rings. The Morgan fingerprint density at radius 2 is 2.11 bits per heavy atom. The summed E-state index contributed by atoms with van der Waals surface area (Å²) in [4.78, 5) is 14.4. The van der Waals surface area contributed by atoms with Crippen LogP contribution in [0.3, 0.4) is 0 Å². The summed E-state index contributed by atoms with van der Waals surface area (Å²) < 4.78 is 11.6. The Morgan fingerprint density at radius 3 is 2.86 bits per heavy atom. The van der Waals surface area contributed by atoms with Gasteiger partial charge in [0.2, 0.25) is 5.91 Å². The van der Waals surface area contributed by atoms with Crippen molar-refractivity contribution in [3.8, 4) is 0 Å². The van der Waals surface area contributed by atoms with Crippen molar-refractivity contribution in [2.24, 2.45) is 5.92 Å². The number of rotatable bonds is 7. The van der Waals surface area contributed by atoms with E-state index < -0.39 is 6.10 Å². The number of amides is 1. The van der Waals surface area contributed by atoms with Crippen molar-refractivity contribution < 1.29 is 19.2 Å². The van der Waals surface area contributed by atoms with Crippen molar-refractivity contribution >= 4 is 5.91 Å². The number of hydrogen-bond donors (Lipinski definition) is 3. The second-order valence-corrected chi connectivity index (χ2v) is 8.33. The normalized spacial score (nSPS) is 29.4. The molecule has 2 aliphatic heterocycles. The van der Waals surface area contributed by atoms with Crippen molar-refractivity contribution in [3.63, 3.8) is 0 Å². The highest BCUT2D eigenvalue weighted by Gasteiger charge is 2.32. The molecule has 1 saturated carbocycles. The average molecular weight is 393 g/mol. The molecule has 8 nitrogen and oxygen atoms in total. The first-order valence-electron chi connectivity index (χ1n) is 10.7. The molecule has 0 bridgehead atoms. The summed E-state index contributed by atoms with van der Waals surface area (Å²) in [6.07, 6.45) is 4.34. The minimum absolute atomic E-state index is 0.00820. The van der Waals surface area contributed by atoms with E-state index in [0.717, 1.165) is 69.9 Å². The van der Waals surface area contributed by atoms with E-state index in [2.05, 4.69) is 20.7 Å². The third-order valence-corrected chi connectivity index (χ3v) is 6.17. The Labute approximate surface area is 166 Å². The largest absolute Gasteiger partial charge is 0.390 e. The van der Waals surface area contributed by atoms with Crippen molar-refractivity contribution in [1.82, 2.24) is 20.7 Å². The summed E-state index contributed by atoms with van der Waals surface area (Å²) >= 11 is 0. The molecule has 3 aliphatic rings. The molecular weight excluding hydrogens is 360 g/mol. The first-order valence-corrected chi connectivity index (χ1v) is 10.7. The molecule has 3 N–H and O–H groups in total. The quantitative estimate of drug-likeness (QED) is 0.619. The standard InChI is InChI=1S/C20H32N4O4/c25-18-5-4-16(27-19(18)12-22-20(26)14-2-1-3-14)10-15-11-17(28-23-15)13-24-8-6-21-7-9-24/h11,14,16,18-19,21,25H,1-10,12-13H2,(H,22,26). The van der Waals surface area contributed by atoms with Crippen LogP contribution in [-0.2, 0) is 22.5 Å². The zero-order valence-corrected chi connectivity index (χ0v) is 16.4. The van der Waals surface area contributed by atoms with Gasteiger partial charge < -0.3 is 25.0 Å². The minimum atomic E-state index is -0.529. The lowest BCUT2D eigenvalue weighted by Crippen LogP contribution is -2.48. The van der Waals surface area contributed by atoms with Crippen LogP contribution in [-0.4, -0.2) is 72.1 Å². The monoisotopic (exact) mass is 392 g/mol. The number of aliphatic hydroxyl groups excluding tert-OH is 1. The summed E-state index contributed by atoms with van der Waals surface area (Å²) in [5.74, 6) is 1.14. The predicted octanol–water partition coefficient (Wildman–Crippen LogP) is 0.447. The van der Waals surface area contributed by atoms with E-state index in [9.17, 15) is 9.90 Å². The van der Waals surface area contributed by atoms with Crippen LogP contribution < -0.4 is 10.6 Å². The topological polar surface area (TPSA) is 99.9 Å². The van der Waals surface area contributed by atoms with Crippen molar-refractivity contribution in [2.75, 3.05) is 32.7 Å². The van der Waals surface area contributed by atoms with E-state index in [4.69, 9.17) is 9.26 Å². The number of aromatic nitrogens is 1. The first kappa shape index (κ1) is 19.8. The summed E-state index contributed by atoms with van der Waals surface area (Å²) in [7, 11) is 0. The van der Waals surface area contributed by atoms with E-state index in [1.54, 1.807) is 0 Å². The van der Waals surface area contributed by atoms with Crippen LogP contribution in [0, 0.1) is 5.92 Å². The Kier molecular flexibility index (Phi) is 6.61. The van der Waals surface area contributed by atoms with Crippen molar-refractivity contribution in [1.29, 1.82) is 0 Å². The van der Waals surface area contributed by atoms with E-state index in [1.807, 2.05) is 6.07 Å². The third kappa shape index (κ3) is 5.11. The second-order valence-electron chi connectivity index (χ2n) is 8.33. The molecule has 0 aromatic carbocycles. The fourth-order valence-corrected chi connectivity index (χ4v) is 4.15. The van der Waals surface area contributed by atoms with Crippen LogP contribution >= 0.6 is 0 Å². The van der Waals surface area contributed by atoms with Crippen LogP contribution in [0.1, 0.15) is 43.6 Å².